The van der Waals surface area contributed by atoms with Gasteiger partial charge in [0, 0.05) is 39.2 Å². The van der Waals surface area contributed by atoms with Crippen LogP contribution in [0.5, 0.6) is 5.75 Å². The van der Waals surface area contributed by atoms with Crippen molar-refractivity contribution in [3.8, 4) is 5.75 Å². The maximum atomic E-state index is 12.7. The minimum absolute atomic E-state index is 0.0172. The molecule has 24 heavy (non-hydrogen) atoms. The fraction of sp³-hybridized carbons (Fsp3) is 0.368. The first-order chi connectivity index (χ1) is 11.8. The molecule has 0 spiro atoms. The number of benzene rings is 1. The number of aromatic nitrogens is 1. The molecule has 0 unspecified atom stereocenters. The largest absolute Gasteiger partial charge is 0.489 e. The highest BCUT2D eigenvalue weighted by Gasteiger charge is 2.29. The average Bonchev–Trinajstić information content (AvgIpc) is 2.65. The highest BCUT2D eigenvalue weighted by molar-refractivity contribution is 5.82. The summed E-state index contributed by atoms with van der Waals surface area (Å²) in [6, 6.07) is 13.4. The predicted octanol–water partition coefficient (Wildman–Crippen LogP) is 2.84. The van der Waals surface area contributed by atoms with Crippen LogP contribution in [0.1, 0.15) is 24.5 Å². The molecule has 1 aromatic carbocycles. The lowest BCUT2D eigenvalue weighted by atomic mass is 10.0. The third kappa shape index (κ3) is 3.92. The average molecular weight is 326 g/mol. The summed E-state index contributed by atoms with van der Waals surface area (Å²) in [6.45, 7) is 1.35. The summed E-state index contributed by atoms with van der Waals surface area (Å²) in [7, 11) is 1.58. The summed E-state index contributed by atoms with van der Waals surface area (Å²) in [5.41, 5.74) is 0.888. The molecule has 126 valence electrons. The van der Waals surface area contributed by atoms with Crippen LogP contribution in [0, 0.1) is 0 Å². The van der Waals surface area contributed by atoms with Crippen molar-refractivity contribution >= 4 is 5.91 Å². The normalized spacial score (nSPS) is 16.6. The monoisotopic (exact) mass is 326 g/mol. The first kappa shape index (κ1) is 16.5. The first-order valence-electron chi connectivity index (χ1n) is 8.21. The highest BCUT2D eigenvalue weighted by atomic mass is 16.5. The van der Waals surface area contributed by atoms with Gasteiger partial charge in [0.25, 0.3) is 5.91 Å². The number of rotatable bonds is 5. The Labute approximate surface area is 142 Å². The molecule has 1 amide bonds. The van der Waals surface area contributed by atoms with Crippen molar-refractivity contribution < 1.29 is 14.3 Å². The first-order valence-corrected chi connectivity index (χ1v) is 8.21. The Morgan fingerprint density at radius 2 is 1.92 bits per heavy atom. The van der Waals surface area contributed by atoms with Gasteiger partial charge in [-0.15, -0.1) is 0 Å². The number of amides is 1. The maximum Gasteiger partial charge on any atom is 0.256 e. The Morgan fingerprint density at radius 3 is 2.54 bits per heavy atom. The molecule has 0 saturated carbocycles. The molecule has 0 radical (unpaired) electrons. The molecule has 1 saturated heterocycles. The SMILES string of the molecule is CO[C@H](C(=O)N1CCC(Oc2cccnc2)CC1)c1ccccc1. The molecule has 5 heteroatoms. The van der Waals surface area contributed by atoms with Crippen molar-refractivity contribution in [3.05, 3.63) is 60.4 Å². The zero-order chi connectivity index (χ0) is 16.8. The fourth-order valence-electron chi connectivity index (χ4n) is 2.98. The maximum absolute atomic E-state index is 12.7. The summed E-state index contributed by atoms with van der Waals surface area (Å²) in [4.78, 5) is 18.7. The van der Waals surface area contributed by atoms with E-state index in [4.69, 9.17) is 9.47 Å². The lowest BCUT2D eigenvalue weighted by Crippen LogP contribution is -2.44. The van der Waals surface area contributed by atoms with Crippen LogP contribution >= 0.6 is 0 Å². The van der Waals surface area contributed by atoms with E-state index in [0.29, 0.717) is 13.1 Å². The van der Waals surface area contributed by atoms with E-state index in [9.17, 15) is 4.79 Å². The molecule has 1 aliphatic heterocycles. The Kier molecular flexibility index (Phi) is 5.43. The van der Waals surface area contributed by atoms with E-state index in [1.807, 2.05) is 47.4 Å². The van der Waals surface area contributed by atoms with Crippen LogP contribution in [-0.2, 0) is 9.53 Å². The fourth-order valence-corrected chi connectivity index (χ4v) is 2.98. The molecule has 1 aromatic heterocycles. The predicted molar refractivity (Wildman–Crippen MR) is 90.7 cm³/mol. The lowest BCUT2D eigenvalue weighted by Gasteiger charge is -2.34. The van der Waals surface area contributed by atoms with Gasteiger partial charge in [0.05, 0.1) is 6.20 Å². The van der Waals surface area contributed by atoms with E-state index >= 15 is 0 Å². The number of hydrogen-bond acceptors (Lipinski definition) is 4. The van der Waals surface area contributed by atoms with E-state index in [0.717, 1.165) is 24.2 Å². The summed E-state index contributed by atoms with van der Waals surface area (Å²) in [5.74, 6) is 0.796. The molecule has 0 bridgehead atoms. The second-order valence-corrected chi connectivity index (χ2v) is 5.86. The second-order valence-electron chi connectivity index (χ2n) is 5.86. The van der Waals surface area contributed by atoms with Crippen LogP contribution in [0.15, 0.2) is 54.9 Å². The number of likely N-dealkylation sites (tertiary alicyclic amines) is 1. The molecule has 2 heterocycles. The van der Waals surface area contributed by atoms with Gasteiger partial charge < -0.3 is 14.4 Å². The number of carbonyl (C=O) groups is 1. The quantitative estimate of drug-likeness (QED) is 0.848. The molecule has 3 rings (SSSR count). The van der Waals surface area contributed by atoms with E-state index in [1.54, 1.807) is 19.5 Å². The summed E-state index contributed by atoms with van der Waals surface area (Å²) in [6.07, 6.45) is 4.65. The van der Waals surface area contributed by atoms with Crippen LogP contribution in [0.4, 0.5) is 0 Å². The van der Waals surface area contributed by atoms with Crippen LogP contribution in [0.3, 0.4) is 0 Å². The summed E-state index contributed by atoms with van der Waals surface area (Å²) in [5, 5.41) is 0. The van der Waals surface area contributed by atoms with Gasteiger partial charge in [-0.25, -0.2) is 0 Å². The van der Waals surface area contributed by atoms with Gasteiger partial charge in [-0.3, -0.25) is 9.78 Å². The van der Waals surface area contributed by atoms with Gasteiger partial charge in [0.15, 0.2) is 6.10 Å². The molecular weight excluding hydrogens is 304 g/mol. The van der Waals surface area contributed by atoms with E-state index in [-0.39, 0.29) is 12.0 Å². The van der Waals surface area contributed by atoms with E-state index in [2.05, 4.69) is 4.98 Å². The minimum atomic E-state index is -0.540. The second kappa shape index (κ2) is 7.93. The Morgan fingerprint density at radius 1 is 1.17 bits per heavy atom. The molecule has 1 atom stereocenters. The molecule has 0 N–H and O–H groups in total. The third-order valence-electron chi connectivity index (χ3n) is 4.25. The minimum Gasteiger partial charge on any atom is -0.489 e. The zero-order valence-electron chi connectivity index (χ0n) is 13.8. The Bertz CT molecular complexity index is 640. The van der Waals surface area contributed by atoms with Crippen molar-refractivity contribution in [2.75, 3.05) is 20.2 Å². The summed E-state index contributed by atoms with van der Waals surface area (Å²) < 4.78 is 11.4. The number of ether oxygens (including phenoxy) is 2. The molecular formula is C19H22N2O3. The highest BCUT2D eigenvalue weighted by Crippen LogP contribution is 2.23. The molecule has 1 fully saturated rings. The number of hydrogen-bond donors (Lipinski definition) is 0. The number of carbonyl (C=O) groups excluding carboxylic acids is 1. The number of piperidine rings is 1. The van der Waals surface area contributed by atoms with Crippen molar-refractivity contribution in [2.45, 2.75) is 25.0 Å². The number of nitrogens with zero attached hydrogens (tertiary/aromatic N) is 2. The molecule has 0 aliphatic carbocycles. The topological polar surface area (TPSA) is 51.7 Å². The molecule has 5 nitrogen and oxygen atoms in total. The van der Waals surface area contributed by atoms with Gasteiger partial charge in [0.1, 0.15) is 11.9 Å². The standard InChI is InChI=1S/C19H22N2O3/c1-23-18(15-6-3-2-4-7-15)19(22)21-12-9-16(10-13-21)24-17-8-5-11-20-14-17/h2-8,11,14,16,18H,9-10,12-13H2,1H3/t18-/m0/s1. The molecule has 1 aliphatic rings. The van der Waals surface area contributed by atoms with Gasteiger partial charge in [0.2, 0.25) is 0 Å². The third-order valence-corrected chi connectivity index (χ3v) is 4.25. The van der Waals surface area contributed by atoms with Crippen molar-refractivity contribution in [3.63, 3.8) is 0 Å². The Hall–Kier alpha value is -2.40. The van der Waals surface area contributed by atoms with Gasteiger partial charge in [-0.2, -0.15) is 0 Å². The van der Waals surface area contributed by atoms with E-state index < -0.39 is 6.10 Å². The van der Waals surface area contributed by atoms with Gasteiger partial charge >= 0.3 is 0 Å². The molecule has 2 aromatic rings. The lowest BCUT2D eigenvalue weighted by molar-refractivity contribution is -0.144. The Balaban J connectivity index is 1.56. The number of methoxy groups -OCH3 is 1. The summed E-state index contributed by atoms with van der Waals surface area (Å²) >= 11 is 0. The van der Waals surface area contributed by atoms with Gasteiger partial charge in [-0.1, -0.05) is 30.3 Å². The van der Waals surface area contributed by atoms with Crippen molar-refractivity contribution in [1.29, 1.82) is 0 Å². The van der Waals surface area contributed by atoms with Crippen LogP contribution in [-0.4, -0.2) is 42.1 Å². The van der Waals surface area contributed by atoms with Crippen molar-refractivity contribution in [1.82, 2.24) is 9.88 Å². The number of pyridine rings is 1. The van der Waals surface area contributed by atoms with Crippen LogP contribution in [0.25, 0.3) is 0 Å². The zero-order valence-corrected chi connectivity index (χ0v) is 13.8. The van der Waals surface area contributed by atoms with Gasteiger partial charge in [-0.05, 0) is 17.7 Å². The van der Waals surface area contributed by atoms with Crippen LogP contribution in [0.2, 0.25) is 0 Å². The smallest absolute Gasteiger partial charge is 0.256 e. The van der Waals surface area contributed by atoms with E-state index in [1.165, 1.54) is 0 Å². The van der Waals surface area contributed by atoms with Crippen LogP contribution < -0.4 is 4.74 Å². The van der Waals surface area contributed by atoms with Crippen molar-refractivity contribution in [2.24, 2.45) is 0 Å².